The Bertz CT molecular complexity index is 831. The van der Waals surface area contributed by atoms with Gasteiger partial charge in [0.25, 0.3) is 5.91 Å². The molecule has 1 saturated heterocycles. The number of hydrogen-bond donors (Lipinski definition) is 1. The molecule has 0 unspecified atom stereocenters. The Labute approximate surface area is 150 Å². The zero-order valence-electron chi connectivity index (χ0n) is 14.5. The number of aromatic nitrogens is 3. The van der Waals surface area contributed by atoms with E-state index in [4.69, 9.17) is 4.52 Å². The van der Waals surface area contributed by atoms with Gasteiger partial charge >= 0.3 is 0 Å². The van der Waals surface area contributed by atoms with Crippen molar-refractivity contribution in [1.82, 2.24) is 24.9 Å². The first-order valence-corrected chi connectivity index (χ1v) is 9.23. The molecule has 2 aliphatic heterocycles. The minimum Gasteiger partial charge on any atom is -0.364 e. The molecule has 0 bridgehead atoms. The van der Waals surface area contributed by atoms with Gasteiger partial charge in [-0.25, -0.2) is 4.98 Å². The molecule has 8 heteroatoms. The lowest BCUT2D eigenvalue weighted by atomic mass is 9.78. The van der Waals surface area contributed by atoms with Crippen LogP contribution in [0.1, 0.15) is 47.6 Å². The summed E-state index contributed by atoms with van der Waals surface area (Å²) in [6, 6.07) is 1.59. The second kappa shape index (κ2) is 5.69. The van der Waals surface area contributed by atoms with Crippen LogP contribution in [0.15, 0.2) is 23.2 Å². The van der Waals surface area contributed by atoms with Gasteiger partial charge in [0.1, 0.15) is 6.26 Å². The smallest absolute Gasteiger partial charge is 0.276 e. The second-order valence-corrected chi connectivity index (χ2v) is 7.45. The minimum atomic E-state index is -0.395. The van der Waals surface area contributed by atoms with Gasteiger partial charge in [-0.3, -0.25) is 9.59 Å². The molecule has 2 aromatic heterocycles. The number of imidazole rings is 1. The third-order valence-corrected chi connectivity index (χ3v) is 5.99. The number of H-pyrrole nitrogens is 1. The van der Waals surface area contributed by atoms with Gasteiger partial charge in [0.05, 0.1) is 17.6 Å². The molecule has 0 radical (unpaired) electrons. The molecule has 1 N–H and O–H groups in total. The number of rotatable bonds is 2. The van der Waals surface area contributed by atoms with Crippen LogP contribution in [-0.2, 0) is 16.8 Å². The summed E-state index contributed by atoms with van der Waals surface area (Å²) in [5.74, 6) is 0.323. The van der Waals surface area contributed by atoms with Crippen molar-refractivity contribution < 1.29 is 14.1 Å². The molecule has 1 saturated carbocycles. The van der Waals surface area contributed by atoms with Gasteiger partial charge in [0.15, 0.2) is 5.69 Å². The van der Waals surface area contributed by atoms with Crippen molar-refractivity contribution in [3.8, 4) is 0 Å². The van der Waals surface area contributed by atoms with E-state index >= 15 is 0 Å². The van der Waals surface area contributed by atoms with E-state index in [1.54, 1.807) is 17.3 Å². The number of fused-ring (bicyclic) bond motifs is 2. The Hall–Kier alpha value is -2.64. The van der Waals surface area contributed by atoms with Crippen molar-refractivity contribution in [1.29, 1.82) is 0 Å². The molecule has 0 aromatic carbocycles. The van der Waals surface area contributed by atoms with Gasteiger partial charge in [0.2, 0.25) is 5.91 Å². The van der Waals surface area contributed by atoms with Crippen molar-refractivity contribution in [2.45, 2.75) is 37.6 Å². The number of nitrogens with zero attached hydrogens (tertiary/aromatic N) is 4. The van der Waals surface area contributed by atoms with E-state index in [1.165, 1.54) is 6.26 Å². The highest BCUT2D eigenvalue weighted by Crippen LogP contribution is 2.45. The summed E-state index contributed by atoms with van der Waals surface area (Å²) >= 11 is 0. The topological polar surface area (TPSA) is 95.3 Å². The van der Waals surface area contributed by atoms with Gasteiger partial charge in [-0.15, -0.1) is 0 Å². The number of aromatic amines is 1. The van der Waals surface area contributed by atoms with E-state index in [-0.39, 0.29) is 17.7 Å². The minimum absolute atomic E-state index is 0.119. The maximum Gasteiger partial charge on any atom is 0.276 e. The van der Waals surface area contributed by atoms with Crippen LogP contribution < -0.4 is 0 Å². The summed E-state index contributed by atoms with van der Waals surface area (Å²) in [5.41, 5.74) is 2.05. The van der Waals surface area contributed by atoms with Crippen LogP contribution in [0, 0.1) is 5.92 Å². The molecule has 2 aromatic rings. The fourth-order valence-corrected chi connectivity index (χ4v) is 4.42. The molecule has 8 nitrogen and oxygen atoms in total. The third-order valence-electron chi connectivity index (χ3n) is 5.99. The summed E-state index contributed by atoms with van der Waals surface area (Å²) in [7, 11) is 0. The average molecular weight is 355 g/mol. The van der Waals surface area contributed by atoms with Gasteiger partial charge in [-0.2, -0.15) is 0 Å². The summed E-state index contributed by atoms with van der Waals surface area (Å²) < 4.78 is 4.79. The van der Waals surface area contributed by atoms with Crippen LogP contribution in [0.25, 0.3) is 0 Å². The number of hydrogen-bond acceptors (Lipinski definition) is 5. The van der Waals surface area contributed by atoms with Crippen LogP contribution in [0.4, 0.5) is 0 Å². The zero-order chi connectivity index (χ0) is 17.7. The predicted molar refractivity (Wildman–Crippen MR) is 90.0 cm³/mol. The summed E-state index contributed by atoms with van der Waals surface area (Å²) in [6.07, 6.45) is 7.35. The quantitative estimate of drug-likeness (QED) is 0.877. The largest absolute Gasteiger partial charge is 0.364 e. The maximum absolute atomic E-state index is 13.0. The lowest BCUT2D eigenvalue weighted by molar-refractivity contribution is -0.143. The highest BCUT2D eigenvalue weighted by Gasteiger charge is 2.51. The van der Waals surface area contributed by atoms with Crippen molar-refractivity contribution >= 4 is 11.8 Å². The maximum atomic E-state index is 13.0. The lowest BCUT2D eigenvalue weighted by Crippen LogP contribution is -2.59. The van der Waals surface area contributed by atoms with Gasteiger partial charge < -0.3 is 19.3 Å². The highest BCUT2D eigenvalue weighted by atomic mass is 16.5. The molecule has 3 aliphatic rings. The average Bonchev–Trinajstić information content (AvgIpc) is 3.16. The Balaban J connectivity index is 1.43. The van der Waals surface area contributed by atoms with Crippen molar-refractivity contribution in [3.05, 3.63) is 35.7 Å². The van der Waals surface area contributed by atoms with E-state index in [2.05, 4.69) is 20.0 Å². The van der Waals surface area contributed by atoms with Gasteiger partial charge in [-0.05, 0) is 25.7 Å². The van der Waals surface area contributed by atoms with E-state index in [0.29, 0.717) is 31.6 Å². The van der Waals surface area contributed by atoms with Crippen molar-refractivity contribution in [3.63, 3.8) is 0 Å². The highest BCUT2D eigenvalue weighted by molar-refractivity contribution is 5.92. The molecular formula is C18H21N5O3. The van der Waals surface area contributed by atoms with E-state index in [0.717, 1.165) is 37.2 Å². The molecular weight excluding hydrogens is 334 g/mol. The Kier molecular flexibility index (Phi) is 3.41. The molecule has 2 amide bonds. The van der Waals surface area contributed by atoms with Crippen LogP contribution in [0.5, 0.6) is 0 Å². The third kappa shape index (κ3) is 2.28. The summed E-state index contributed by atoms with van der Waals surface area (Å²) in [6.45, 7) is 1.88. The fraction of sp³-hybridized carbons (Fsp3) is 0.556. The standard InChI is InChI=1S/C18H21N5O3/c24-16(12-1-2-12)23-7-3-13-15(20-11-19-13)18(23)5-8-22(9-6-18)17(25)14-4-10-26-21-14/h4,10-12H,1-3,5-9H2,(H,19,20). The molecule has 26 heavy (non-hydrogen) atoms. The first kappa shape index (κ1) is 15.6. The number of piperidine rings is 1. The van der Waals surface area contributed by atoms with E-state index in [9.17, 15) is 9.59 Å². The lowest BCUT2D eigenvalue weighted by Gasteiger charge is -2.50. The van der Waals surface area contributed by atoms with Crippen molar-refractivity contribution in [2.24, 2.45) is 5.92 Å². The van der Waals surface area contributed by atoms with Gasteiger partial charge in [0, 0.05) is 43.7 Å². The molecule has 0 atom stereocenters. The van der Waals surface area contributed by atoms with Crippen molar-refractivity contribution in [2.75, 3.05) is 19.6 Å². The van der Waals surface area contributed by atoms with Crippen LogP contribution in [-0.4, -0.2) is 56.4 Å². The Morgan fingerprint density at radius 1 is 1.23 bits per heavy atom. The van der Waals surface area contributed by atoms with E-state index in [1.807, 2.05) is 0 Å². The monoisotopic (exact) mass is 355 g/mol. The number of likely N-dealkylation sites (tertiary alicyclic amines) is 1. The zero-order valence-corrected chi connectivity index (χ0v) is 14.5. The van der Waals surface area contributed by atoms with E-state index < -0.39 is 5.54 Å². The second-order valence-electron chi connectivity index (χ2n) is 7.45. The molecule has 1 aliphatic carbocycles. The molecule has 4 heterocycles. The molecule has 5 rings (SSSR count). The summed E-state index contributed by atoms with van der Waals surface area (Å²) in [5, 5.41) is 3.75. The molecule has 2 fully saturated rings. The number of carbonyl (C=O) groups is 2. The SMILES string of the molecule is O=C(c1ccon1)N1CCC2(CC1)c1nc[nH]c1CCN2C(=O)C1CC1. The fourth-order valence-electron chi connectivity index (χ4n) is 4.42. The van der Waals surface area contributed by atoms with Gasteiger partial charge in [-0.1, -0.05) is 5.16 Å². The van der Waals surface area contributed by atoms with Crippen LogP contribution in [0.3, 0.4) is 0 Å². The number of carbonyl (C=O) groups excluding carboxylic acids is 2. The number of nitrogens with one attached hydrogen (secondary N) is 1. The molecule has 1 spiro atoms. The predicted octanol–water partition coefficient (Wildman–Crippen LogP) is 1.32. The number of amides is 2. The Morgan fingerprint density at radius 2 is 2.04 bits per heavy atom. The Morgan fingerprint density at radius 3 is 2.73 bits per heavy atom. The first-order chi connectivity index (χ1) is 12.7. The first-order valence-electron chi connectivity index (χ1n) is 9.23. The normalized spacial score (nSPS) is 21.7. The molecule has 136 valence electrons. The van der Waals surface area contributed by atoms with Crippen LogP contribution in [0.2, 0.25) is 0 Å². The van der Waals surface area contributed by atoms with Crippen LogP contribution >= 0.6 is 0 Å². The summed E-state index contributed by atoms with van der Waals surface area (Å²) in [4.78, 5) is 37.2.